The van der Waals surface area contributed by atoms with Crippen molar-refractivity contribution in [1.29, 1.82) is 0 Å². The Bertz CT molecular complexity index is 230. The molecule has 1 rings (SSSR count). The molecule has 1 amide bonds. The molecule has 1 heterocycles. The zero-order valence-corrected chi connectivity index (χ0v) is 8.58. The van der Waals surface area contributed by atoms with E-state index in [1.54, 1.807) is 6.92 Å². The van der Waals surface area contributed by atoms with E-state index < -0.39 is 11.9 Å². The summed E-state index contributed by atoms with van der Waals surface area (Å²) in [7, 11) is 1.98. The molecule has 0 aromatic rings. The van der Waals surface area contributed by atoms with Gasteiger partial charge in [-0.05, 0) is 26.9 Å². The molecular formula is C9H16N2O3. The van der Waals surface area contributed by atoms with Gasteiger partial charge in [-0.1, -0.05) is 0 Å². The lowest BCUT2D eigenvalue weighted by molar-refractivity contribution is -0.154. The molecule has 0 saturated carbocycles. The van der Waals surface area contributed by atoms with Gasteiger partial charge >= 0.3 is 11.9 Å². The van der Waals surface area contributed by atoms with Crippen LogP contribution < -0.4 is 5.32 Å². The number of nitrogens with one attached hydrogen (secondary N) is 1. The summed E-state index contributed by atoms with van der Waals surface area (Å²) in [5.41, 5.74) is 0. The number of hydrogen-bond acceptors (Lipinski definition) is 4. The number of esters is 1. The summed E-state index contributed by atoms with van der Waals surface area (Å²) in [4.78, 5) is 24.3. The van der Waals surface area contributed by atoms with Gasteiger partial charge in [0.25, 0.3) is 0 Å². The Morgan fingerprint density at radius 1 is 1.57 bits per heavy atom. The van der Waals surface area contributed by atoms with Crippen LogP contribution in [0.3, 0.4) is 0 Å². The molecule has 0 spiro atoms. The quantitative estimate of drug-likeness (QED) is 0.476. The van der Waals surface area contributed by atoms with E-state index in [9.17, 15) is 9.59 Å². The van der Waals surface area contributed by atoms with Crippen molar-refractivity contribution in [3.05, 3.63) is 0 Å². The predicted octanol–water partition coefficient (Wildman–Crippen LogP) is -0.630. The monoisotopic (exact) mass is 200 g/mol. The number of likely N-dealkylation sites (tertiary alicyclic amines) is 1. The second-order valence-corrected chi connectivity index (χ2v) is 3.44. The minimum Gasteiger partial charge on any atom is -0.459 e. The topological polar surface area (TPSA) is 58.6 Å². The molecule has 0 aromatic heterocycles. The first-order valence-corrected chi connectivity index (χ1v) is 4.79. The minimum absolute atomic E-state index is 0.0805. The normalized spacial score (nSPS) is 22.0. The molecule has 0 bridgehead atoms. The summed E-state index contributed by atoms with van der Waals surface area (Å²) in [6, 6.07) is 0.0805. The van der Waals surface area contributed by atoms with Crippen molar-refractivity contribution in [2.75, 3.05) is 26.7 Å². The van der Waals surface area contributed by atoms with Gasteiger partial charge in [0.1, 0.15) is 0 Å². The predicted molar refractivity (Wildman–Crippen MR) is 50.7 cm³/mol. The summed E-state index contributed by atoms with van der Waals surface area (Å²) in [6.45, 7) is 3.66. The van der Waals surface area contributed by atoms with E-state index in [-0.39, 0.29) is 12.6 Å². The fraction of sp³-hybridized carbons (Fsp3) is 0.778. The van der Waals surface area contributed by atoms with Gasteiger partial charge in [0.05, 0.1) is 6.61 Å². The third kappa shape index (κ3) is 2.99. The highest BCUT2D eigenvalue weighted by Gasteiger charge is 2.24. The Labute approximate surface area is 83.4 Å². The Morgan fingerprint density at radius 3 is 2.79 bits per heavy atom. The van der Waals surface area contributed by atoms with Gasteiger partial charge in [-0.25, -0.2) is 4.79 Å². The van der Waals surface area contributed by atoms with Crippen molar-refractivity contribution in [3.8, 4) is 0 Å². The summed E-state index contributed by atoms with van der Waals surface area (Å²) in [6.07, 6.45) is 0.891. The number of carbonyl (C=O) groups is 2. The lowest BCUT2D eigenvalue weighted by atomic mass is 10.2. The first-order valence-electron chi connectivity index (χ1n) is 4.79. The molecule has 0 aliphatic carbocycles. The van der Waals surface area contributed by atoms with Crippen molar-refractivity contribution in [2.45, 2.75) is 19.4 Å². The van der Waals surface area contributed by atoms with Crippen LogP contribution in [-0.2, 0) is 14.3 Å². The first-order chi connectivity index (χ1) is 6.63. The van der Waals surface area contributed by atoms with Crippen molar-refractivity contribution in [2.24, 2.45) is 0 Å². The van der Waals surface area contributed by atoms with E-state index in [2.05, 4.69) is 15.0 Å². The smallest absolute Gasteiger partial charge is 0.396 e. The molecule has 1 saturated heterocycles. The number of carbonyl (C=O) groups excluding carboxylic acids is 2. The van der Waals surface area contributed by atoms with Gasteiger partial charge in [-0.15, -0.1) is 0 Å². The van der Waals surface area contributed by atoms with Gasteiger partial charge in [0, 0.05) is 12.6 Å². The van der Waals surface area contributed by atoms with Crippen LogP contribution in [0.2, 0.25) is 0 Å². The molecule has 14 heavy (non-hydrogen) atoms. The van der Waals surface area contributed by atoms with Gasteiger partial charge in [-0.2, -0.15) is 0 Å². The summed E-state index contributed by atoms with van der Waals surface area (Å²) in [5, 5.41) is 2.64. The van der Waals surface area contributed by atoms with Crippen LogP contribution in [0.25, 0.3) is 0 Å². The highest BCUT2D eigenvalue weighted by Crippen LogP contribution is 2.05. The maximum atomic E-state index is 11.2. The Hall–Kier alpha value is -1.10. The second kappa shape index (κ2) is 4.95. The van der Waals surface area contributed by atoms with Crippen LogP contribution in [0.1, 0.15) is 13.3 Å². The molecule has 1 unspecified atom stereocenters. The van der Waals surface area contributed by atoms with Gasteiger partial charge in [0.15, 0.2) is 0 Å². The lowest BCUT2D eigenvalue weighted by Gasteiger charge is -2.11. The van der Waals surface area contributed by atoms with E-state index in [0.717, 1.165) is 19.5 Å². The molecule has 5 nitrogen and oxygen atoms in total. The molecule has 1 aliphatic heterocycles. The SMILES string of the molecule is CCOC(=O)C(=O)NC1CCN(C)C1. The third-order valence-electron chi connectivity index (χ3n) is 2.19. The van der Waals surface area contributed by atoms with E-state index in [0.29, 0.717) is 0 Å². The maximum Gasteiger partial charge on any atom is 0.396 e. The van der Waals surface area contributed by atoms with Crippen LogP contribution >= 0.6 is 0 Å². The number of ether oxygens (including phenoxy) is 1. The van der Waals surface area contributed by atoms with Crippen molar-refractivity contribution in [3.63, 3.8) is 0 Å². The lowest BCUT2D eigenvalue weighted by Crippen LogP contribution is -2.41. The van der Waals surface area contributed by atoms with Crippen molar-refractivity contribution in [1.82, 2.24) is 10.2 Å². The molecule has 0 aromatic carbocycles. The van der Waals surface area contributed by atoms with E-state index >= 15 is 0 Å². The van der Waals surface area contributed by atoms with Crippen molar-refractivity contribution >= 4 is 11.9 Å². The molecule has 1 fully saturated rings. The molecule has 5 heteroatoms. The molecule has 80 valence electrons. The van der Waals surface area contributed by atoms with Gasteiger partial charge < -0.3 is 15.0 Å². The van der Waals surface area contributed by atoms with E-state index in [1.165, 1.54) is 0 Å². The average molecular weight is 200 g/mol. The maximum absolute atomic E-state index is 11.2. The zero-order valence-electron chi connectivity index (χ0n) is 8.58. The Balaban J connectivity index is 2.30. The number of likely N-dealkylation sites (N-methyl/N-ethyl adjacent to an activating group) is 1. The minimum atomic E-state index is -0.790. The fourth-order valence-corrected chi connectivity index (χ4v) is 1.49. The largest absolute Gasteiger partial charge is 0.459 e. The number of rotatable bonds is 2. The molecule has 0 radical (unpaired) electrons. The third-order valence-corrected chi connectivity index (χ3v) is 2.19. The summed E-state index contributed by atoms with van der Waals surface area (Å²) >= 11 is 0. The molecular weight excluding hydrogens is 184 g/mol. The standard InChI is InChI=1S/C9H16N2O3/c1-3-14-9(13)8(12)10-7-4-5-11(2)6-7/h7H,3-6H2,1-2H3,(H,10,12). The zero-order chi connectivity index (χ0) is 10.6. The summed E-state index contributed by atoms with van der Waals surface area (Å²) in [5.74, 6) is -1.42. The van der Waals surface area contributed by atoms with E-state index in [4.69, 9.17) is 0 Å². The van der Waals surface area contributed by atoms with Crippen LogP contribution in [0, 0.1) is 0 Å². The van der Waals surface area contributed by atoms with Crippen LogP contribution in [0.5, 0.6) is 0 Å². The summed E-state index contributed by atoms with van der Waals surface area (Å²) < 4.78 is 4.58. The number of nitrogens with zero attached hydrogens (tertiary/aromatic N) is 1. The Kier molecular flexibility index (Phi) is 3.88. The highest BCUT2D eigenvalue weighted by atomic mass is 16.5. The fourth-order valence-electron chi connectivity index (χ4n) is 1.49. The Morgan fingerprint density at radius 2 is 2.29 bits per heavy atom. The van der Waals surface area contributed by atoms with Crippen LogP contribution in [0.15, 0.2) is 0 Å². The molecule has 1 aliphatic rings. The first kappa shape index (κ1) is 11.0. The van der Waals surface area contributed by atoms with E-state index in [1.807, 2.05) is 7.05 Å². The molecule has 1 N–H and O–H groups in total. The van der Waals surface area contributed by atoms with Gasteiger partial charge in [-0.3, -0.25) is 4.79 Å². The second-order valence-electron chi connectivity index (χ2n) is 3.44. The highest BCUT2D eigenvalue weighted by molar-refractivity contribution is 6.32. The van der Waals surface area contributed by atoms with Crippen molar-refractivity contribution < 1.29 is 14.3 Å². The van der Waals surface area contributed by atoms with Gasteiger partial charge in [0.2, 0.25) is 0 Å². The van der Waals surface area contributed by atoms with Crippen LogP contribution in [0.4, 0.5) is 0 Å². The average Bonchev–Trinajstić information content (AvgIpc) is 2.51. The molecule has 1 atom stereocenters. The van der Waals surface area contributed by atoms with Crippen LogP contribution in [-0.4, -0.2) is 49.6 Å². The number of hydrogen-bond donors (Lipinski definition) is 1. The number of amides is 1.